The number of H-pyrrole nitrogens is 1. The van der Waals surface area contributed by atoms with Crippen molar-refractivity contribution in [3.8, 4) is 11.4 Å². The molecule has 3 aromatic rings. The molecular weight excluding hydrogens is 343 g/mol. The normalized spacial score (nSPS) is 11.6. The highest BCUT2D eigenvalue weighted by molar-refractivity contribution is 5.93. The number of aromatic carboxylic acids is 1. The van der Waals surface area contributed by atoms with Crippen molar-refractivity contribution in [3.63, 3.8) is 0 Å². The number of alkyl halides is 3. The molecule has 7 nitrogen and oxygen atoms in total. The van der Waals surface area contributed by atoms with Gasteiger partial charge in [0.25, 0.3) is 5.69 Å². The van der Waals surface area contributed by atoms with E-state index in [-0.39, 0.29) is 28.0 Å². The van der Waals surface area contributed by atoms with E-state index in [1.54, 1.807) is 0 Å². The average molecular weight is 351 g/mol. The zero-order valence-corrected chi connectivity index (χ0v) is 12.2. The highest BCUT2D eigenvalue weighted by atomic mass is 19.4. The van der Waals surface area contributed by atoms with E-state index in [2.05, 4.69) is 9.97 Å². The lowest BCUT2D eigenvalue weighted by molar-refractivity contribution is -0.385. The lowest BCUT2D eigenvalue weighted by atomic mass is 10.1. The van der Waals surface area contributed by atoms with E-state index in [1.165, 1.54) is 18.2 Å². The molecule has 0 aliphatic rings. The molecule has 1 heterocycles. The maximum absolute atomic E-state index is 13.3. The van der Waals surface area contributed by atoms with Gasteiger partial charge in [0.05, 0.1) is 27.1 Å². The van der Waals surface area contributed by atoms with Crippen LogP contribution in [0, 0.1) is 10.1 Å². The number of carboxylic acid groups (broad SMARTS) is 1. The smallest absolute Gasteiger partial charge is 0.417 e. The van der Waals surface area contributed by atoms with Crippen LogP contribution in [0.5, 0.6) is 0 Å². The molecule has 0 aliphatic heterocycles. The van der Waals surface area contributed by atoms with Crippen molar-refractivity contribution in [2.75, 3.05) is 0 Å². The first-order valence-electron chi connectivity index (χ1n) is 6.76. The van der Waals surface area contributed by atoms with Gasteiger partial charge in [-0.2, -0.15) is 13.2 Å². The fourth-order valence-corrected chi connectivity index (χ4v) is 2.36. The van der Waals surface area contributed by atoms with Gasteiger partial charge >= 0.3 is 12.1 Å². The minimum absolute atomic E-state index is 0.0533. The van der Waals surface area contributed by atoms with Crippen LogP contribution in [0.15, 0.2) is 36.4 Å². The summed E-state index contributed by atoms with van der Waals surface area (Å²) >= 11 is 0. The Balaban J connectivity index is 2.20. The van der Waals surface area contributed by atoms with Gasteiger partial charge in [0.1, 0.15) is 5.82 Å². The van der Waals surface area contributed by atoms with Gasteiger partial charge in [-0.25, -0.2) is 9.78 Å². The van der Waals surface area contributed by atoms with E-state index >= 15 is 0 Å². The molecule has 0 radical (unpaired) electrons. The molecule has 0 fully saturated rings. The zero-order valence-electron chi connectivity index (χ0n) is 12.2. The Morgan fingerprint density at radius 1 is 1.20 bits per heavy atom. The molecule has 128 valence electrons. The molecule has 10 heteroatoms. The lowest BCUT2D eigenvalue weighted by Crippen LogP contribution is -2.08. The van der Waals surface area contributed by atoms with E-state index in [9.17, 15) is 28.1 Å². The average Bonchev–Trinajstić information content (AvgIpc) is 2.96. The van der Waals surface area contributed by atoms with Crippen molar-refractivity contribution in [3.05, 3.63) is 57.6 Å². The largest absolute Gasteiger partial charge is 0.478 e. The summed E-state index contributed by atoms with van der Waals surface area (Å²) in [6.45, 7) is 0. The Morgan fingerprint density at radius 2 is 1.92 bits per heavy atom. The van der Waals surface area contributed by atoms with E-state index in [4.69, 9.17) is 5.11 Å². The topological polar surface area (TPSA) is 109 Å². The van der Waals surface area contributed by atoms with Crippen LogP contribution in [0.1, 0.15) is 15.9 Å². The fraction of sp³-hybridized carbons (Fsp3) is 0.0667. The number of aromatic amines is 1. The van der Waals surface area contributed by atoms with E-state index in [1.807, 2.05) is 0 Å². The minimum atomic E-state index is -4.83. The molecule has 0 amide bonds. The van der Waals surface area contributed by atoms with Gasteiger partial charge in [-0.05, 0) is 24.3 Å². The maximum atomic E-state index is 13.3. The molecular formula is C15H8F3N3O4. The number of carbonyl (C=O) groups is 1. The fourth-order valence-electron chi connectivity index (χ4n) is 2.36. The summed E-state index contributed by atoms with van der Waals surface area (Å²) < 4.78 is 39.8. The van der Waals surface area contributed by atoms with Crippen LogP contribution in [0.4, 0.5) is 18.9 Å². The molecule has 0 bridgehead atoms. The van der Waals surface area contributed by atoms with Crippen molar-refractivity contribution in [2.45, 2.75) is 6.18 Å². The summed E-state index contributed by atoms with van der Waals surface area (Å²) in [5.74, 6) is -1.36. The zero-order chi connectivity index (χ0) is 18.4. The first-order valence-corrected chi connectivity index (χ1v) is 6.76. The number of fused-ring (bicyclic) bond motifs is 1. The third-order valence-electron chi connectivity index (χ3n) is 3.50. The van der Waals surface area contributed by atoms with E-state index in [0.29, 0.717) is 6.07 Å². The first kappa shape index (κ1) is 16.4. The summed E-state index contributed by atoms with van der Waals surface area (Å²) in [6, 6.07) is 6.21. The maximum Gasteiger partial charge on any atom is 0.417 e. The molecule has 0 saturated carbocycles. The number of nitrogens with one attached hydrogen (secondary N) is 1. The Bertz CT molecular complexity index is 1010. The Kier molecular flexibility index (Phi) is 3.67. The van der Waals surface area contributed by atoms with Gasteiger partial charge < -0.3 is 10.1 Å². The number of non-ortho nitro benzene ring substituents is 1. The summed E-state index contributed by atoms with van der Waals surface area (Å²) in [5, 5.41) is 19.7. The van der Waals surface area contributed by atoms with E-state index in [0.717, 1.165) is 12.1 Å². The second-order valence-electron chi connectivity index (χ2n) is 5.11. The molecule has 1 aromatic heterocycles. The van der Waals surface area contributed by atoms with Crippen LogP contribution < -0.4 is 0 Å². The number of benzene rings is 2. The van der Waals surface area contributed by atoms with Gasteiger partial charge in [0.15, 0.2) is 0 Å². The second-order valence-corrected chi connectivity index (χ2v) is 5.11. The van der Waals surface area contributed by atoms with Gasteiger partial charge in [0, 0.05) is 17.7 Å². The number of nitro benzene ring substituents is 1. The molecule has 2 N–H and O–H groups in total. The quantitative estimate of drug-likeness (QED) is 0.550. The van der Waals surface area contributed by atoms with Crippen LogP contribution in [0.3, 0.4) is 0 Å². The van der Waals surface area contributed by atoms with Crippen molar-refractivity contribution >= 4 is 22.7 Å². The predicted octanol–water partition coefficient (Wildman–Crippen LogP) is 3.86. The number of hydrogen-bond donors (Lipinski definition) is 2. The van der Waals surface area contributed by atoms with Crippen LogP contribution >= 0.6 is 0 Å². The molecule has 0 aliphatic carbocycles. The number of aromatic nitrogens is 2. The molecule has 25 heavy (non-hydrogen) atoms. The van der Waals surface area contributed by atoms with Crippen molar-refractivity contribution in [1.29, 1.82) is 0 Å². The third-order valence-corrected chi connectivity index (χ3v) is 3.50. The molecule has 0 unspecified atom stereocenters. The lowest BCUT2D eigenvalue weighted by Gasteiger charge is -2.10. The van der Waals surface area contributed by atoms with Crippen LogP contribution in [-0.2, 0) is 6.18 Å². The molecule has 0 spiro atoms. The second kappa shape index (κ2) is 5.58. The predicted molar refractivity (Wildman–Crippen MR) is 80.1 cm³/mol. The number of nitrogens with zero attached hydrogens (tertiary/aromatic N) is 2. The standard InChI is InChI=1S/C15H8F3N3O4/c16-15(17,18)10-6-8(21(24)25)2-3-9(10)13-19-11-4-1-7(14(22)23)5-12(11)20-13/h1-6H,(H,19,20)(H,22,23). The van der Waals surface area contributed by atoms with E-state index < -0.39 is 28.3 Å². The Morgan fingerprint density at radius 3 is 2.52 bits per heavy atom. The molecule has 0 atom stereocenters. The van der Waals surface area contributed by atoms with Gasteiger partial charge in [-0.15, -0.1) is 0 Å². The Labute approximate surface area is 136 Å². The number of carboxylic acids is 1. The van der Waals surface area contributed by atoms with Gasteiger partial charge in [0.2, 0.25) is 0 Å². The number of halogens is 3. The van der Waals surface area contributed by atoms with Crippen LogP contribution in [-0.4, -0.2) is 26.0 Å². The van der Waals surface area contributed by atoms with Crippen LogP contribution in [0.2, 0.25) is 0 Å². The summed E-state index contributed by atoms with van der Waals surface area (Å²) in [5.41, 5.74) is -1.82. The third kappa shape index (κ3) is 3.01. The van der Waals surface area contributed by atoms with Crippen LogP contribution in [0.25, 0.3) is 22.4 Å². The van der Waals surface area contributed by atoms with Gasteiger partial charge in [-0.1, -0.05) is 0 Å². The summed E-state index contributed by atoms with van der Waals surface area (Å²) in [6.07, 6.45) is -4.83. The minimum Gasteiger partial charge on any atom is -0.478 e. The highest BCUT2D eigenvalue weighted by Gasteiger charge is 2.36. The van der Waals surface area contributed by atoms with Gasteiger partial charge in [-0.3, -0.25) is 10.1 Å². The van der Waals surface area contributed by atoms with Crippen molar-refractivity contribution < 1.29 is 28.0 Å². The molecule has 3 rings (SSSR count). The summed E-state index contributed by atoms with van der Waals surface area (Å²) in [4.78, 5) is 27.4. The monoisotopic (exact) mass is 351 g/mol. The molecule has 0 saturated heterocycles. The highest BCUT2D eigenvalue weighted by Crippen LogP contribution is 2.38. The SMILES string of the molecule is O=C(O)c1ccc2nc(-c3ccc([N+](=O)[O-])cc3C(F)(F)F)[nH]c2c1. The van der Waals surface area contributed by atoms with Crippen molar-refractivity contribution in [2.24, 2.45) is 0 Å². The number of nitro groups is 1. The van der Waals surface area contributed by atoms with Crippen molar-refractivity contribution in [1.82, 2.24) is 9.97 Å². The number of imidazole rings is 1. The first-order chi connectivity index (χ1) is 11.7. The Hall–Kier alpha value is -3.43. The summed E-state index contributed by atoms with van der Waals surface area (Å²) in [7, 11) is 0. The number of hydrogen-bond acceptors (Lipinski definition) is 4. The molecule has 2 aromatic carbocycles. The number of rotatable bonds is 3.